The summed E-state index contributed by atoms with van der Waals surface area (Å²) in [7, 11) is 0. The number of Topliss-reactive ketones (excluding diaryl/α,β-unsaturated/α-hetero) is 1. The quantitative estimate of drug-likeness (QED) is 0.716. The third-order valence-corrected chi connectivity index (χ3v) is 4.03. The van der Waals surface area contributed by atoms with Crippen LogP contribution in [0, 0.1) is 0 Å². The van der Waals surface area contributed by atoms with Gasteiger partial charge in [0, 0.05) is 29.3 Å². The van der Waals surface area contributed by atoms with Crippen LogP contribution in [0.4, 0.5) is 0 Å². The van der Waals surface area contributed by atoms with Crippen molar-refractivity contribution in [3.05, 3.63) is 64.9 Å². The van der Waals surface area contributed by atoms with Gasteiger partial charge in [0.25, 0.3) is 0 Å². The van der Waals surface area contributed by atoms with Gasteiger partial charge in [0.1, 0.15) is 5.65 Å². The average Bonchev–Trinajstić information content (AvgIpc) is 2.94. The molecule has 0 radical (unpaired) electrons. The number of rotatable bonds is 4. The topological polar surface area (TPSA) is 45.8 Å². The van der Waals surface area contributed by atoms with Crippen molar-refractivity contribution in [2.45, 2.75) is 19.3 Å². The van der Waals surface area contributed by atoms with Crippen molar-refractivity contribution >= 4 is 28.4 Å². The maximum absolute atomic E-state index is 12.9. The van der Waals surface area contributed by atoms with Crippen molar-refractivity contribution in [2.24, 2.45) is 0 Å². The molecule has 0 spiro atoms. The molecule has 1 unspecified atom stereocenters. The lowest BCUT2D eigenvalue weighted by atomic mass is 9.89. The summed E-state index contributed by atoms with van der Waals surface area (Å²) in [6, 6.07) is 11.5. The van der Waals surface area contributed by atoms with Crippen LogP contribution in [0.5, 0.6) is 0 Å². The molecule has 3 aromatic rings. The average molecular weight is 299 g/mol. The molecule has 2 aromatic heterocycles. The largest absolute Gasteiger partial charge is 0.345 e. The number of carbonyl (C=O) groups excluding carboxylic acids is 1. The maximum atomic E-state index is 12.9. The minimum absolute atomic E-state index is 0.0739. The van der Waals surface area contributed by atoms with Gasteiger partial charge in [-0.3, -0.25) is 4.79 Å². The van der Waals surface area contributed by atoms with E-state index in [1.165, 1.54) is 0 Å². The summed E-state index contributed by atoms with van der Waals surface area (Å²) in [4.78, 5) is 20.1. The third-order valence-electron chi connectivity index (χ3n) is 3.71. The summed E-state index contributed by atoms with van der Waals surface area (Å²) < 4.78 is 0. The molecule has 2 heterocycles. The van der Waals surface area contributed by atoms with Gasteiger partial charge < -0.3 is 4.98 Å². The molecule has 0 fully saturated rings. The molecule has 3 nitrogen and oxygen atoms in total. The minimum Gasteiger partial charge on any atom is -0.345 e. The number of pyridine rings is 1. The monoisotopic (exact) mass is 298 g/mol. The van der Waals surface area contributed by atoms with Gasteiger partial charge in [-0.25, -0.2) is 4.98 Å². The number of H-pyrrole nitrogens is 1. The molecular weight excluding hydrogens is 284 g/mol. The summed E-state index contributed by atoms with van der Waals surface area (Å²) in [5.41, 5.74) is 2.28. The molecule has 0 aliphatic heterocycles. The Kier molecular flexibility index (Phi) is 3.76. The van der Waals surface area contributed by atoms with Crippen LogP contribution in [0.2, 0.25) is 5.02 Å². The molecule has 0 bridgehead atoms. The highest BCUT2D eigenvalue weighted by Crippen LogP contribution is 2.30. The molecule has 1 atom stereocenters. The number of fused-ring (bicyclic) bond motifs is 1. The van der Waals surface area contributed by atoms with Gasteiger partial charge in [0.2, 0.25) is 0 Å². The number of hydrogen-bond donors (Lipinski definition) is 1. The van der Waals surface area contributed by atoms with Gasteiger partial charge in [-0.15, -0.1) is 0 Å². The first kappa shape index (κ1) is 13.8. The van der Waals surface area contributed by atoms with Crippen LogP contribution in [-0.2, 0) is 0 Å². The first-order valence-electron chi connectivity index (χ1n) is 6.93. The Hall–Kier alpha value is -2.13. The molecule has 21 heavy (non-hydrogen) atoms. The van der Waals surface area contributed by atoms with Gasteiger partial charge in [-0.05, 0) is 18.1 Å². The van der Waals surface area contributed by atoms with E-state index in [1.54, 1.807) is 18.5 Å². The van der Waals surface area contributed by atoms with Crippen molar-refractivity contribution in [1.29, 1.82) is 0 Å². The van der Waals surface area contributed by atoms with Crippen molar-refractivity contribution < 1.29 is 4.79 Å². The molecule has 0 saturated heterocycles. The zero-order valence-electron chi connectivity index (χ0n) is 11.6. The van der Waals surface area contributed by atoms with Crippen molar-refractivity contribution in [3.8, 4) is 0 Å². The lowest BCUT2D eigenvalue weighted by Crippen LogP contribution is -2.11. The number of benzene rings is 1. The second-order valence-corrected chi connectivity index (χ2v) is 5.36. The highest BCUT2D eigenvalue weighted by atomic mass is 35.5. The smallest absolute Gasteiger partial charge is 0.172 e. The Balaban J connectivity index is 2.07. The number of aromatic nitrogens is 2. The van der Waals surface area contributed by atoms with Crippen LogP contribution in [0.3, 0.4) is 0 Å². The summed E-state index contributed by atoms with van der Waals surface area (Å²) in [6.07, 6.45) is 4.08. The Morgan fingerprint density at radius 2 is 2.05 bits per heavy atom. The number of hydrogen-bond acceptors (Lipinski definition) is 2. The van der Waals surface area contributed by atoms with Gasteiger partial charge >= 0.3 is 0 Å². The normalized spacial score (nSPS) is 12.5. The Labute approximate surface area is 128 Å². The number of carbonyl (C=O) groups is 1. The molecule has 0 saturated carbocycles. The van der Waals surface area contributed by atoms with Crippen molar-refractivity contribution in [3.63, 3.8) is 0 Å². The Morgan fingerprint density at radius 3 is 2.76 bits per heavy atom. The van der Waals surface area contributed by atoms with Gasteiger partial charge in [-0.2, -0.15) is 0 Å². The van der Waals surface area contributed by atoms with E-state index >= 15 is 0 Å². The number of nitrogens with one attached hydrogen (secondary N) is 1. The van der Waals surface area contributed by atoms with Crippen LogP contribution in [0.1, 0.15) is 35.2 Å². The predicted octanol–water partition coefficient (Wildman–Crippen LogP) is 4.59. The summed E-state index contributed by atoms with van der Waals surface area (Å²) in [5, 5.41) is 1.26. The number of ketones is 1. The van der Waals surface area contributed by atoms with E-state index in [0.29, 0.717) is 21.6 Å². The van der Waals surface area contributed by atoms with E-state index in [9.17, 15) is 4.79 Å². The number of nitrogens with zero attached hydrogens (tertiary/aromatic N) is 1. The van der Waals surface area contributed by atoms with Crippen molar-refractivity contribution in [2.75, 3.05) is 0 Å². The van der Waals surface area contributed by atoms with E-state index in [-0.39, 0.29) is 11.7 Å². The molecule has 106 valence electrons. The molecule has 0 amide bonds. The molecule has 1 N–H and O–H groups in total. The van der Waals surface area contributed by atoms with Crippen LogP contribution >= 0.6 is 11.6 Å². The Bertz CT molecular complexity index is 780. The molecular formula is C17H15ClN2O. The third kappa shape index (κ3) is 2.45. The maximum Gasteiger partial charge on any atom is 0.172 e. The SMILES string of the molecule is CCC(C(=O)c1c[nH]c2nccc(Cl)c12)c1ccccc1. The number of aromatic amines is 1. The van der Waals surface area contributed by atoms with Crippen molar-refractivity contribution in [1.82, 2.24) is 9.97 Å². The molecule has 3 rings (SSSR count). The zero-order valence-corrected chi connectivity index (χ0v) is 12.4. The first-order chi connectivity index (χ1) is 10.2. The van der Waals surface area contributed by atoms with Crippen LogP contribution in [0.15, 0.2) is 48.8 Å². The lowest BCUT2D eigenvalue weighted by Gasteiger charge is -2.13. The van der Waals surface area contributed by atoms with Crippen LogP contribution in [-0.4, -0.2) is 15.8 Å². The molecule has 0 aliphatic rings. The highest BCUT2D eigenvalue weighted by Gasteiger charge is 2.23. The number of halogens is 1. The van der Waals surface area contributed by atoms with E-state index in [4.69, 9.17) is 11.6 Å². The fraction of sp³-hybridized carbons (Fsp3) is 0.176. The minimum atomic E-state index is -0.165. The van der Waals surface area contributed by atoms with E-state index in [0.717, 1.165) is 12.0 Å². The summed E-state index contributed by atoms with van der Waals surface area (Å²) >= 11 is 6.23. The van der Waals surface area contributed by atoms with Crippen LogP contribution < -0.4 is 0 Å². The van der Waals surface area contributed by atoms with Gasteiger partial charge in [-0.1, -0.05) is 48.9 Å². The molecule has 1 aromatic carbocycles. The predicted molar refractivity (Wildman–Crippen MR) is 84.9 cm³/mol. The fourth-order valence-corrected chi connectivity index (χ4v) is 2.90. The van der Waals surface area contributed by atoms with Crippen LogP contribution in [0.25, 0.3) is 11.0 Å². The van der Waals surface area contributed by atoms with E-state index in [1.807, 2.05) is 37.3 Å². The van der Waals surface area contributed by atoms with E-state index < -0.39 is 0 Å². The van der Waals surface area contributed by atoms with E-state index in [2.05, 4.69) is 9.97 Å². The molecule has 0 aliphatic carbocycles. The molecule has 4 heteroatoms. The lowest BCUT2D eigenvalue weighted by molar-refractivity contribution is 0.0959. The second-order valence-electron chi connectivity index (χ2n) is 4.95. The second kappa shape index (κ2) is 5.70. The standard InChI is InChI=1S/C17H15ClN2O/c1-2-12(11-6-4-3-5-7-11)16(21)13-10-20-17-15(13)14(18)8-9-19-17/h3-10,12H,2H2,1H3,(H,19,20). The van der Waals surface area contributed by atoms with Gasteiger partial charge in [0.05, 0.1) is 5.02 Å². The highest BCUT2D eigenvalue weighted by molar-refractivity contribution is 6.36. The summed E-state index contributed by atoms with van der Waals surface area (Å²) in [6.45, 7) is 2.02. The summed E-state index contributed by atoms with van der Waals surface area (Å²) in [5.74, 6) is -0.0914. The van der Waals surface area contributed by atoms with Gasteiger partial charge in [0.15, 0.2) is 5.78 Å². The first-order valence-corrected chi connectivity index (χ1v) is 7.31. The zero-order chi connectivity index (χ0) is 14.8. The fourth-order valence-electron chi connectivity index (χ4n) is 2.66. The Morgan fingerprint density at radius 1 is 1.29 bits per heavy atom.